The van der Waals surface area contributed by atoms with Gasteiger partial charge < -0.3 is 10.4 Å². The number of thioether (sulfide) groups is 1. The van der Waals surface area contributed by atoms with Gasteiger partial charge in [-0.25, -0.2) is 14.8 Å². The lowest BCUT2D eigenvalue weighted by Crippen LogP contribution is -2.42. The number of hydrogen-bond donors (Lipinski definition) is 2. The van der Waals surface area contributed by atoms with E-state index in [1.54, 1.807) is 0 Å². The first kappa shape index (κ1) is 17.7. The number of hydrogen-bond acceptors (Lipinski definition) is 5. The van der Waals surface area contributed by atoms with Gasteiger partial charge in [-0.3, -0.25) is 4.79 Å². The molecule has 1 amide bonds. The van der Waals surface area contributed by atoms with Crippen molar-refractivity contribution in [3.05, 3.63) is 16.9 Å². The van der Waals surface area contributed by atoms with Crippen LogP contribution in [0.3, 0.4) is 0 Å². The van der Waals surface area contributed by atoms with Gasteiger partial charge in [0, 0.05) is 0 Å². The Morgan fingerprint density at radius 3 is 2.67 bits per heavy atom. The summed E-state index contributed by atoms with van der Waals surface area (Å²) in [4.78, 5) is 31.4. The van der Waals surface area contributed by atoms with Gasteiger partial charge in [0.05, 0.1) is 11.2 Å². The molecule has 8 heteroatoms. The van der Waals surface area contributed by atoms with Crippen LogP contribution in [0.2, 0.25) is 5.02 Å². The van der Waals surface area contributed by atoms with E-state index in [0.717, 1.165) is 5.75 Å². The summed E-state index contributed by atoms with van der Waals surface area (Å²) in [7, 11) is 0. The van der Waals surface area contributed by atoms with Crippen LogP contribution in [0.5, 0.6) is 0 Å². The van der Waals surface area contributed by atoms with Gasteiger partial charge in [-0.05, 0) is 18.1 Å². The fourth-order valence-corrected chi connectivity index (χ4v) is 2.35. The minimum Gasteiger partial charge on any atom is -0.480 e. The first-order valence-electron chi connectivity index (χ1n) is 6.54. The Hall–Kier alpha value is -1.34. The lowest BCUT2D eigenvalue weighted by molar-refractivity contribution is -0.139. The van der Waals surface area contributed by atoms with Crippen molar-refractivity contribution in [1.82, 2.24) is 15.3 Å². The van der Waals surface area contributed by atoms with Crippen LogP contribution in [0.1, 0.15) is 37.7 Å². The zero-order valence-corrected chi connectivity index (χ0v) is 13.7. The highest BCUT2D eigenvalue weighted by molar-refractivity contribution is 7.99. The van der Waals surface area contributed by atoms with Crippen molar-refractivity contribution in [3.8, 4) is 0 Å². The maximum Gasteiger partial charge on any atom is 0.326 e. The average Bonchev–Trinajstić information content (AvgIpc) is 2.39. The zero-order chi connectivity index (χ0) is 16.0. The molecule has 0 saturated carbocycles. The van der Waals surface area contributed by atoms with Gasteiger partial charge >= 0.3 is 5.97 Å². The molecular weight excluding hydrogens is 314 g/mol. The SMILES string of the molecule is CCSc1ncc(Cl)c(C(=O)NC(CC(C)C)C(=O)O)n1. The number of rotatable bonds is 7. The second kappa shape index (κ2) is 8.19. The number of nitrogens with one attached hydrogen (secondary N) is 1. The molecule has 21 heavy (non-hydrogen) atoms. The Bertz CT molecular complexity index is 525. The first-order chi connectivity index (χ1) is 9.85. The van der Waals surface area contributed by atoms with Crippen molar-refractivity contribution < 1.29 is 14.7 Å². The van der Waals surface area contributed by atoms with Crippen LogP contribution in [-0.2, 0) is 4.79 Å². The summed E-state index contributed by atoms with van der Waals surface area (Å²) in [5.41, 5.74) is -0.00220. The van der Waals surface area contributed by atoms with Crippen molar-refractivity contribution in [1.29, 1.82) is 0 Å². The van der Waals surface area contributed by atoms with Crippen LogP contribution in [0, 0.1) is 5.92 Å². The van der Waals surface area contributed by atoms with E-state index in [0.29, 0.717) is 11.6 Å². The molecule has 0 aliphatic heterocycles. The maximum absolute atomic E-state index is 12.2. The molecule has 0 aliphatic carbocycles. The van der Waals surface area contributed by atoms with Crippen LogP contribution < -0.4 is 5.32 Å². The molecule has 0 bridgehead atoms. The predicted octanol–water partition coefficient (Wildman–Crippen LogP) is 2.47. The minimum atomic E-state index is -1.08. The topological polar surface area (TPSA) is 92.2 Å². The predicted molar refractivity (Wildman–Crippen MR) is 81.8 cm³/mol. The van der Waals surface area contributed by atoms with E-state index in [1.807, 2.05) is 20.8 Å². The van der Waals surface area contributed by atoms with Crippen molar-refractivity contribution in [3.63, 3.8) is 0 Å². The number of nitrogens with zero attached hydrogens (tertiary/aromatic N) is 2. The summed E-state index contributed by atoms with van der Waals surface area (Å²) in [5.74, 6) is -0.786. The van der Waals surface area contributed by atoms with Gasteiger partial charge in [-0.1, -0.05) is 44.1 Å². The molecule has 0 radical (unpaired) electrons. The number of carboxylic acids is 1. The Morgan fingerprint density at radius 2 is 2.14 bits per heavy atom. The smallest absolute Gasteiger partial charge is 0.326 e. The Kier molecular flexibility index (Phi) is 6.91. The molecule has 1 heterocycles. The monoisotopic (exact) mass is 331 g/mol. The first-order valence-corrected chi connectivity index (χ1v) is 7.90. The normalized spacial score (nSPS) is 12.2. The van der Waals surface area contributed by atoms with Crippen LogP contribution in [0.25, 0.3) is 0 Å². The van der Waals surface area contributed by atoms with Crippen molar-refractivity contribution >= 4 is 35.2 Å². The molecule has 116 valence electrons. The molecule has 1 aromatic heterocycles. The molecule has 0 fully saturated rings. The summed E-state index contributed by atoms with van der Waals surface area (Å²) >= 11 is 7.29. The summed E-state index contributed by atoms with van der Waals surface area (Å²) in [6, 6.07) is -0.967. The fraction of sp³-hybridized carbons (Fsp3) is 0.538. The number of amides is 1. The molecule has 1 atom stereocenters. The van der Waals surface area contributed by atoms with Crippen molar-refractivity contribution in [2.24, 2.45) is 5.92 Å². The number of carbonyl (C=O) groups excluding carboxylic acids is 1. The molecule has 0 aliphatic rings. The molecule has 0 aromatic carbocycles. The number of carboxylic acid groups (broad SMARTS) is 1. The number of aliphatic carboxylic acids is 1. The maximum atomic E-state index is 12.2. The number of halogens is 1. The van der Waals surface area contributed by atoms with Crippen LogP contribution in [0.15, 0.2) is 11.4 Å². The largest absolute Gasteiger partial charge is 0.480 e. The molecule has 6 nitrogen and oxygen atoms in total. The summed E-state index contributed by atoms with van der Waals surface area (Å²) in [6.45, 7) is 5.71. The van der Waals surface area contributed by atoms with E-state index in [2.05, 4.69) is 15.3 Å². The van der Waals surface area contributed by atoms with Gasteiger partial charge in [0.1, 0.15) is 6.04 Å². The molecule has 1 unspecified atom stereocenters. The second-order valence-electron chi connectivity index (χ2n) is 4.78. The van der Waals surface area contributed by atoms with Gasteiger partial charge in [0.2, 0.25) is 0 Å². The van der Waals surface area contributed by atoms with Gasteiger partial charge in [-0.15, -0.1) is 0 Å². The third-order valence-electron chi connectivity index (χ3n) is 2.52. The standard InChI is InChI=1S/C13H18ClN3O3S/c1-4-21-13-15-6-8(14)10(17-13)11(18)16-9(12(19)20)5-7(2)3/h6-7,9H,4-5H2,1-3H3,(H,16,18)(H,19,20). The molecule has 0 saturated heterocycles. The highest BCUT2D eigenvalue weighted by atomic mass is 35.5. The van der Waals surface area contributed by atoms with Crippen molar-refractivity contribution in [2.75, 3.05) is 5.75 Å². The molecule has 2 N–H and O–H groups in total. The highest BCUT2D eigenvalue weighted by Gasteiger charge is 2.24. The van der Waals surface area contributed by atoms with Crippen LogP contribution in [0.4, 0.5) is 0 Å². The Morgan fingerprint density at radius 1 is 1.48 bits per heavy atom. The van der Waals surface area contributed by atoms with Crippen LogP contribution in [-0.4, -0.2) is 38.7 Å². The Balaban J connectivity index is 2.91. The van der Waals surface area contributed by atoms with E-state index in [9.17, 15) is 9.59 Å². The fourth-order valence-electron chi connectivity index (χ4n) is 1.63. The summed E-state index contributed by atoms with van der Waals surface area (Å²) in [5, 5.41) is 12.1. The van der Waals surface area contributed by atoms with Crippen LogP contribution >= 0.6 is 23.4 Å². The van der Waals surface area contributed by atoms with E-state index in [1.165, 1.54) is 18.0 Å². The summed E-state index contributed by atoms with van der Waals surface area (Å²) in [6.07, 6.45) is 1.68. The third kappa shape index (κ3) is 5.51. The van der Waals surface area contributed by atoms with E-state index in [-0.39, 0.29) is 16.6 Å². The van der Waals surface area contributed by atoms with Gasteiger partial charge in [0.15, 0.2) is 10.9 Å². The number of carbonyl (C=O) groups is 2. The Labute approximate surface area is 132 Å². The van der Waals surface area contributed by atoms with Crippen molar-refractivity contribution in [2.45, 2.75) is 38.4 Å². The molecule has 0 spiro atoms. The van der Waals surface area contributed by atoms with E-state index < -0.39 is 17.9 Å². The molecule has 1 aromatic rings. The third-order valence-corrected chi connectivity index (χ3v) is 3.54. The van der Waals surface area contributed by atoms with Gasteiger partial charge in [-0.2, -0.15) is 0 Å². The van der Waals surface area contributed by atoms with E-state index >= 15 is 0 Å². The molecular formula is C13H18ClN3O3S. The van der Waals surface area contributed by atoms with E-state index in [4.69, 9.17) is 16.7 Å². The summed E-state index contributed by atoms with van der Waals surface area (Å²) < 4.78 is 0. The van der Waals surface area contributed by atoms with Gasteiger partial charge in [0.25, 0.3) is 5.91 Å². The second-order valence-corrected chi connectivity index (χ2v) is 6.41. The lowest BCUT2D eigenvalue weighted by atomic mass is 10.0. The number of aromatic nitrogens is 2. The zero-order valence-electron chi connectivity index (χ0n) is 12.1. The average molecular weight is 332 g/mol. The molecule has 1 rings (SSSR count). The quantitative estimate of drug-likeness (QED) is 0.589. The highest BCUT2D eigenvalue weighted by Crippen LogP contribution is 2.18. The minimum absolute atomic E-state index is 0.00220. The lowest BCUT2D eigenvalue weighted by Gasteiger charge is -2.16.